The van der Waals surface area contributed by atoms with Gasteiger partial charge in [0, 0.05) is 7.11 Å². The Kier molecular flexibility index (Phi) is 5.27. The van der Waals surface area contributed by atoms with Crippen LogP contribution in [-0.2, 0) is 9.47 Å². The second kappa shape index (κ2) is 5.41. The monoisotopic (exact) mass is 201 g/mol. The van der Waals surface area contributed by atoms with Gasteiger partial charge >= 0.3 is 6.18 Å². The van der Waals surface area contributed by atoms with Gasteiger partial charge in [-0.15, -0.1) is 0 Å². The molecular formula is C7H14F3NO2. The third-order valence-electron chi connectivity index (χ3n) is 1.40. The number of halogens is 3. The largest absolute Gasteiger partial charge is 0.414 e. The normalized spacial score (nSPS) is 17.1. The van der Waals surface area contributed by atoms with Crippen molar-refractivity contribution < 1.29 is 22.6 Å². The average Bonchev–Trinajstić information content (AvgIpc) is 1.99. The van der Waals surface area contributed by atoms with Crippen LogP contribution in [0.15, 0.2) is 0 Å². The summed E-state index contributed by atoms with van der Waals surface area (Å²) in [6, 6.07) is -0.519. The van der Waals surface area contributed by atoms with Crippen molar-refractivity contribution in [1.82, 2.24) is 0 Å². The van der Waals surface area contributed by atoms with Crippen LogP contribution in [0.3, 0.4) is 0 Å². The van der Waals surface area contributed by atoms with E-state index in [-0.39, 0.29) is 13.2 Å². The molecule has 0 aromatic carbocycles. The Morgan fingerprint density at radius 3 is 2.23 bits per heavy atom. The third kappa shape index (κ3) is 5.84. The van der Waals surface area contributed by atoms with Crippen molar-refractivity contribution in [3.05, 3.63) is 0 Å². The van der Waals surface area contributed by atoms with Crippen LogP contribution >= 0.6 is 0 Å². The highest BCUT2D eigenvalue weighted by molar-refractivity contribution is 4.64. The van der Waals surface area contributed by atoms with Gasteiger partial charge in [-0.1, -0.05) is 0 Å². The van der Waals surface area contributed by atoms with Crippen molar-refractivity contribution in [2.45, 2.75) is 25.2 Å². The highest BCUT2D eigenvalue weighted by Crippen LogP contribution is 2.22. The highest BCUT2D eigenvalue weighted by atomic mass is 19.4. The van der Waals surface area contributed by atoms with Gasteiger partial charge in [0.15, 0.2) is 6.10 Å². The molecule has 0 spiro atoms. The van der Waals surface area contributed by atoms with Crippen molar-refractivity contribution in [1.29, 1.82) is 0 Å². The first-order valence-corrected chi connectivity index (χ1v) is 3.80. The van der Waals surface area contributed by atoms with Crippen LogP contribution in [-0.4, -0.2) is 38.6 Å². The number of nitrogens with two attached hydrogens (primary N) is 1. The van der Waals surface area contributed by atoms with Crippen LogP contribution in [0, 0.1) is 0 Å². The molecule has 0 bridgehead atoms. The molecule has 0 aromatic rings. The first-order valence-electron chi connectivity index (χ1n) is 3.80. The molecule has 0 radical (unpaired) electrons. The molecule has 0 aliphatic rings. The second-order valence-electron chi connectivity index (χ2n) is 2.73. The molecule has 0 aliphatic heterocycles. The Morgan fingerprint density at radius 2 is 1.85 bits per heavy atom. The van der Waals surface area contributed by atoms with E-state index >= 15 is 0 Å². The first-order chi connectivity index (χ1) is 5.88. The van der Waals surface area contributed by atoms with Gasteiger partial charge in [-0.05, 0) is 6.92 Å². The van der Waals surface area contributed by atoms with Gasteiger partial charge < -0.3 is 15.2 Å². The quantitative estimate of drug-likeness (QED) is 0.719. The topological polar surface area (TPSA) is 44.5 Å². The van der Waals surface area contributed by atoms with Gasteiger partial charge in [0.2, 0.25) is 0 Å². The molecule has 0 aliphatic carbocycles. The van der Waals surface area contributed by atoms with E-state index in [4.69, 9.17) is 5.73 Å². The fraction of sp³-hybridized carbons (Fsp3) is 1.00. The summed E-state index contributed by atoms with van der Waals surface area (Å²) in [5, 5.41) is 0. The molecule has 3 nitrogen and oxygen atoms in total. The molecule has 6 heteroatoms. The molecule has 0 fully saturated rings. The Labute approximate surface area is 75.0 Å². The van der Waals surface area contributed by atoms with Gasteiger partial charge in [-0.3, -0.25) is 0 Å². The lowest BCUT2D eigenvalue weighted by Gasteiger charge is -2.18. The minimum atomic E-state index is -4.33. The van der Waals surface area contributed by atoms with E-state index in [1.165, 1.54) is 7.11 Å². The minimum absolute atomic E-state index is 0.158. The van der Waals surface area contributed by atoms with Crippen molar-refractivity contribution in [2.24, 2.45) is 5.73 Å². The second-order valence-corrected chi connectivity index (χ2v) is 2.73. The predicted molar refractivity (Wildman–Crippen MR) is 41.3 cm³/mol. The fourth-order valence-electron chi connectivity index (χ4n) is 0.625. The van der Waals surface area contributed by atoms with Crippen LogP contribution in [0.4, 0.5) is 13.2 Å². The zero-order valence-electron chi connectivity index (χ0n) is 7.60. The zero-order valence-corrected chi connectivity index (χ0v) is 7.60. The summed E-state index contributed by atoms with van der Waals surface area (Å²) in [5.74, 6) is 0. The predicted octanol–water partition coefficient (Wildman–Crippen LogP) is 0.927. The Bertz CT molecular complexity index is 140. The van der Waals surface area contributed by atoms with Gasteiger partial charge in [-0.2, -0.15) is 13.2 Å². The van der Waals surface area contributed by atoms with Crippen molar-refractivity contribution >= 4 is 0 Å². The Balaban J connectivity index is 3.63. The van der Waals surface area contributed by atoms with E-state index in [0.717, 1.165) is 6.92 Å². The number of alkyl halides is 3. The summed E-state index contributed by atoms with van der Waals surface area (Å²) in [6.07, 6.45) is -6.11. The number of methoxy groups -OCH3 is 1. The Hall–Kier alpha value is -0.330. The molecule has 2 unspecified atom stereocenters. The van der Waals surface area contributed by atoms with Crippen LogP contribution in [0.25, 0.3) is 0 Å². The molecule has 0 amide bonds. The Morgan fingerprint density at radius 1 is 1.31 bits per heavy atom. The molecule has 0 rings (SSSR count). The summed E-state index contributed by atoms with van der Waals surface area (Å²) in [6.45, 7) is 0.971. The molecule has 0 saturated carbocycles. The minimum Gasteiger partial charge on any atom is -0.383 e. The van der Waals surface area contributed by atoms with Crippen LogP contribution in [0.5, 0.6) is 0 Å². The van der Waals surface area contributed by atoms with Crippen molar-refractivity contribution in [2.75, 3.05) is 20.3 Å². The maximum Gasteiger partial charge on any atom is 0.414 e. The molecular weight excluding hydrogens is 187 g/mol. The molecule has 0 saturated heterocycles. The smallest absolute Gasteiger partial charge is 0.383 e. The van der Waals surface area contributed by atoms with Crippen molar-refractivity contribution in [3.63, 3.8) is 0 Å². The lowest BCUT2D eigenvalue weighted by Crippen LogP contribution is -2.36. The van der Waals surface area contributed by atoms with Gasteiger partial charge in [0.25, 0.3) is 0 Å². The molecule has 0 aromatic heterocycles. The summed E-state index contributed by atoms with van der Waals surface area (Å²) in [7, 11) is 1.42. The molecule has 80 valence electrons. The third-order valence-corrected chi connectivity index (χ3v) is 1.40. The van der Waals surface area contributed by atoms with E-state index in [9.17, 15) is 13.2 Å². The van der Waals surface area contributed by atoms with E-state index in [0.29, 0.717) is 0 Å². The van der Waals surface area contributed by atoms with E-state index in [1.54, 1.807) is 0 Å². The van der Waals surface area contributed by atoms with Crippen molar-refractivity contribution in [3.8, 4) is 0 Å². The summed E-state index contributed by atoms with van der Waals surface area (Å²) in [5.41, 5.74) is 5.36. The average molecular weight is 201 g/mol. The maximum absolute atomic E-state index is 11.9. The van der Waals surface area contributed by atoms with Crippen LogP contribution in [0.1, 0.15) is 6.92 Å². The standard InChI is InChI=1S/C7H14F3NO2/c1-5(7(8,9)10)13-4-6(11)3-12-2/h5-6H,3-4,11H2,1-2H3. The summed E-state index contributed by atoms with van der Waals surface area (Å²) >= 11 is 0. The number of ether oxygens (including phenoxy) is 2. The first kappa shape index (κ1) is 12.7. The van der Waals surface area contributed by atoms with Crippen LogP contribution < -0.4 is 5.73 Å². The van der Waals surface area contributed by atoms with Gasteiger partial charge in [0.05, 0.1) is 19.3 Å². The molecule has 13 heavy (non-hydrogen) atoms. The summed E-state index contributed by atoms with van der Waals surface area (Å²) in [4.78, 5) is 0. The van der Waals surface area contributed by atoms with E-state index in [2.05, 4.69) is 9.47 Å². The lowest BCUT2D eigenvalue weighted by molar-refractivity contribution is -0.215. The maximum atomic E-state index is 11.9. The van der Waals surface area contributed by atoms with E-state index < -0.39 is 18.3 Å². The number of hydrogen-bond donors (Lipinski definition) is 1. The fourth-order valence-corrected chi connectivity index (χ4v) is 0.625. The van der Waals surface area contributed by atoms with E-state index in [1.807, 2.05) is 0 Å². The SMILES string of the molecule is COCC(N)COC(C)C(F)(F)F. The highest BCUT2D eigenvalue weighted by Gasteiger charge is 2.37. The number of rotatable bonds is 5. The number of hydrogen-bond acceptors (Lipinski definition) is 3. The molecule has 2 N–H and O–H groups in total. The van der Waals surface area contributed by atoms with Gasteiger partial charge in [0.1, 0.15) is 0 Å². The lowest BCUT2D eigenvalue weighted by atomic mass is 10.3. The zero-order chi connectivity index (χ0) is 10.5. The van der Waals surface area contributed by atoms with Crippen LogP contribution in [0.2, 0.25) is 0 Å². The summed E-state index contributed by atoms with van der Waals surface area (Å²) < 4.78 is 44.8. The van der Waals surface area contributed by atoms with Gasteiger partial charge in [-0.25, -0.2) is 0 Å². The molecule has 0 heterocycles. The molecule has 2 atom stereocenters.